The molecule has 0 fully saturated rings. The number of aryl methyl sites for hydroxylation is 1. The first-order valence-electron chi connectivity index (χ1n) is 7.98. The Hall–Kier alpha value is -2.71. The van der Waals surface area contributed by atoms with Crippen LogP contribution in [-0.4, -0.2) is 34.6 Å². The van der Waals surface area contributed by atoms with E-state index in [4.69, 9.17) is 16.3 Å². The van der Waals surface area contributed by atoms with Crippen LogP contribution in [0.15, 0.2) is 41.6 Å². The number of halogens is 1. The molecule has 9 heteroatoms. The van der Waals surface area contributed by atoms with Crippen molar-refractivity contribution in [3.05, 3.63) is 52.5 Å². The predicted octanol–water partition coefficient (Wildman–Crippen LogP) is 3.09. The Morgan fingerprint density at radius 1 is 1.22 bits per heavy atom. The number of rotatable bonds is 5. The van der Waals surface area contributed by atoms with Gasteiger partial charge in [0.25, 0.3) is 5.91 Å². The van der Waals surface area contributed by atoms with Gasteiger partial charge < -0.3 is 9.72 Å². The van der Waals surface area contributed by atoms with E-state index in [-0.39, 0.29) is 17.2 Å². The van der Waals surface area contributed by atoms with E-state index in [1.165, 1.54) is 24.9 Å². The summed E-state index contributed by atoms with van der Waals surface area (Å²) in [5, 5.41) is 1.02. The van der Waals surface area contributed by atoms with Crippen LogP contribution in [0, 0.1) is 6.92 Å². The molecule has 0 aliphatic carbocycles. The smallest absolute Gasteiger partial charge is 0.273 e. The van der Waals surface area contributed by atoms with Crippen molar-refractivity contribution < 1.29 is 14.3 Å². The standard InChI is InChI=1S/C18H17ClN4O3S/c1-10-3-5-13-14(7-10)21-18(20-13)27-9-16(24)22-23-17(25)12-8-11(19)4-6-15(12)26-2/h3-8H,9H2,1-2H3,(H,20,21)(H,22,24)(H,23,25). The Labute approximate surface area is 164 Å². The van der Waals surface area contributed by atoms with Crippen LogP contribution in [0.25, 0.3) is 11.0 Å². The Bertz CT molecular complexity index is 1010. The molecule has 1 aromatic heterocycles. The maximum Gasteiger partial charge on any atom is 0.273 e. The summed E-state index contributed by atoms with van der Waals surface area (Å²) in [6, 6.07) is 10.5. The van der Waals surface area contributed by atoms with Crippen LogP contribution in [0.2, 0.25) is 5.02 Å². The average Bonchev–Trinajstić information content (AvgIpc) is 3.06. The molecule has 0 aliphatic heterocycles. The molecule has 0 unspecified atom stereocenters. The Morgan fingerprint density at radius 3 is 2.81 bits per heavy atom. The fourth-order valence-corrected chi connectivity index (χ4v) is 3.25. The molecule has 0 aliphatic rings. The van der Waals surface area contributed by atoms with Gasteiger partial charge >= 0.3 is 0 Å². The average molecular weight is 405 g/mol. The van der Waals surface area contributed by atoms with Gasteiger partial charge in [-0.1, -0.05) is 29.4 Å². The minimum absolute atomic E-state index is 0.0891. The molecule has 0 saturated heterocycles. The molecule has 2 aromatic carbocycles. The second kappa shape index (κ2) is 8.32. The third-order valence-electron chi connectivity index (χ3n) is 3.68. The van der Waals surface area contributed by atoms with Gasteiger partial charge in [0.1, 0.15) is 5.75 Å². The normalized spacial score (nSPS) is 10.6. The summed E-state index contributed by atoms with van der Waals surface area (Å²) in [7, 11) is 1.45. The van der Waals surface area contributed by atoms with Gasteiger partial charge in [0.05, 0.1) is 29.5 Å². The van der Waals surface area contributed by atoms with Crippen LogP contribution < -0.4 is 15.6 Å². The first-order chi connectivity index (χ1) is 13.0. The summed E-state index contributed by atoms with van der Waals surface area (Å²) in [5.41, 5.74) is 7.82. The van der Waals surface area contributed by atoms with E-state index in [2.05, 4.69) is 20.8 Å². The fourth-order valence-electron chi connectivity index (χ4n) is 2.39. The fraction of sp³-hybridized carbons (Fsp3) is 0.167. The number of H-pyrrole nitrogens is 1. The number of methoxy groups -OCH3 is 1. The number of amides is 2. The summed E-state index contributed by atoms with van der Waals surface area (Å²) in [5.74, 6) is -0.442. The molecule has 7 nitrogen and oxygen atoms in total. The van der Waals surface area contributed by atoms with E-state index in [1.54, 1.807) is 12.1 Å². The molecule has 0 bridgehead atoms. The Balaban J connectivity index is 1.54. The van der Waals surface area contributed by atoms with Crippen molar-refractivity contribution in [2.24, 2.45) is 0 Å². The number of nitrogens with zero attached hydrogens (tertiary/aromatic N) is 1. The van der Waals surface area contributed by atoms with E-state index in [9.17, 15) is 9.59 Å². The molecule has 27 heavy (non-hydrogen) atoms. The van der Waals surface area contributed by atoms with Gasteiger partial charge in [-0.25, -0.2) is 4.98 Å². The van der Waals surface area contributed by atoms with Gasteiger partial charge in [-0.05, 0) is 42.8 Å². The number of aromatic nitrogens is 2. The Morgan fingerprint density at radius 2 is 2.04 bits per heavy atom. The van der Waals surface area contributed by atoms with E-state index >= 15 is 0 Å². The van der Waals surface area contributed by atoms with Gasteiger partial charge in [-0.2, -0.15) is 0 Å². The van der Waals surface area contributed by atoms with Crippen molar-refractivity contribution >= 4 is 46.2 Å². The summed E-state index contributed by atoms with van der Waals surface area (Å²) in [6.07, 6.45) is 0. The summed E-state index contributed by atoms with van der Waals surface area (Å²) in [6.45, 7) is 2.00. The monoisotopic (exact) mass is 404 g/mol. The van der Waals surface area contributed by atoms with Gasteiger partial charge in [0, 0.05) is 5.02 Å². The molecule has 0 spiro atoms. The molecule has 2 amide bonds. The lowest BCUT2D eigenvalue weighted by Gasteiger charge is -2.10. The molecular formula is C18H17ClN4O3S. The van der Waals surface area contributed by atoms with Crippen molar-refractivity contribution in [3.63, 3.8) is 0 Å². The minimum atomic E-state index is -0.521. The van der Waals surface area contributed by atoms with Crippen LogP contribution in [0.5, 0.6) is 5.75 Å². The number of fused-ring (bicyclic) bond motifs is 1. The van der Waals surface area contributed by atoms with Crippen molar-refractivity contribution in [1.82, 2.24) is 20.8 Å². The van der Waals surface area contributed by atoms with Crippen LogP contribution in [0.3, 0.4) is 0 Å². The Kier molecular flexibility index (Phi) is 5.88. The summed E-state index contributed by atoms with van der Waals surface area (Å²) in [4.78, 5) is 31.8. The van der Waals surface area contributed by atoms with Crippen LogP contribution in [-0.2, 0) is 4.79 Å². The SMILES string of the molecule is COc1ccc(Cl)cc1C(=O)NNC(=O)CSc1nc2ccc(C)cc2[nH]1. The molecule has 3 N–H and O–H groups in total. The first-order valence-corrected chi connectivity index (χ1v) is 9.34. The van der Waals surface area contributed by atoms with Crippen LogP contribution in [0.4, 0.5) is 0 Å². The number of ether oxygens (including phenoxy) is 1. The third-order valence-corrected chi connectivity index (χ3v) is 4.79. The highest BCUT2D eigenvalue weighted by Crippen LogP contribution is 2.22. The topological polar surface area (TPSA) is 96.1 Å². The van der Waals surface area contributed by atoms with Gasteiger partial charge in [0.15, 0.2) is 5.16 Å². The molecule has 1 heterocycles. The van der Waals surface area contributed by atoms with E-state index in [0.717, 1.165) is 16.6 Å². The van der Waals surface area contributed by atoms with E-state index in [0.29, 0.717) is 15.9 Å². The molecule has 140 valence electrons. The highest BCUT2D eigenvalue weighted by atomic mass is 35.5. The molecule has 0 atom stereocenters. The number of hydrogen-bond donors (Lipinski definition) is 3. The molecule has 3 aromatic rings. The number of benzene rings is 2. The highest BCUT2D eigenvalue weighted by Gasteiger charge is 2.14. The lowest BCUT2D eigenvalue weighted by atomic mass is 10.2. The number of hydrazine groups is 1. The largest absolute Gasteiger partial charge is 0.496 e. The maximum atomic E-state index is 12.2. The van der Waals surface area contributed by atoms with Crippen molar-refractivity contribution in [2.75, 3.05) is 12.9 Å². The second-order valence-electron chi connectivity index (χ2n) is 5.70. The number of thioether (sulfide) groups is 1. The van der Waals surface area contributed by atoms with Crippen molar-refractivity contribution in [2.45, 2.75) is 12.1 Å². The number of carbonyl (C=O) groups excluding carboxylic acids is 2. The minimum Gasteiger partial charge on any atom is -0.496 e. The predicted molar refractivity (Wildman–Crippen MR) is 105 cm³/mol. The van der Waals surface area contributed by atoms with E-state index in [1.807, 2.05) is 25.1 Å². The summed E-state index contributed by atoms with van der Waals surface area (Å²) < 4.78 is 5.12. The summed E-state index contributed by atoms with van der Waals surface area (Å²) >= 11 is 7.15. The molecule has 3 rings (SSSR count). The van der Waals surface area contributed by atoms with Crippen molar-refractivity contribution in [1.29, 1.82) is 0 Å². The number of hydrogen-bond acceptors (Lipinski definition) is 5. The van der Waals surface area contributed by atoms with Crippen LogP contribution in [0.1, 0.15) is 15.9 Å². The third kappa shape index (κ3) is 4.72. The van der Waals surface area contributed by atoms with E-state index < -0.39 is 5.91 Å². The lowest BCUT2D eigenvalue weighted by Crippen LogP contribution is -2.42. The van der Waals surface area contributed by atoms with Gasteiger partial charge in [-0.15, -0.1) is 0 Å². The number of aromatic amines is 1. The van der Waals surface area contributed by atoms with Gasteiger partial charge in [0.2, 0.25) is 5.91 Å². The van der Waals surface area contributed by atoms with Crippen LogP contribution >= 0.6 is 23.4 Å². The molecule has 0 saturated carbocycles. The zero-order chi connectivity index (χ0) is 19.4. The number of carbonyl (C=O) groups is 2. The second-order valence-corrected chi connectivity index (χ2v) is 7.10. The maximum absolute atomic E-state index is 12.2. The quantitative estimate of drug-likeness (QED) is 0.448. The molecule has 0 radical (unpaired) electrons. The number of imidazole rings is 1. The lowest BCUT2D eigenvalue weighted by molar-refractivity contribution is -0.119. The number of nitrogens with one attached hydrogen (secondary N) is 3. The zero-order valence-corrected chi connectivity index (χ0v) is 16.2. The zero-order valence-electron chi connectivity index (χ0n) is 14.6. The van der Waals surface area contributed by atoms with Gasteiger partial charge in [-0.3, -0.25) is 20.4 Å². The van der Waals surface area contributed by atoms with Crippen molar-refractivity contribution in [3.8, 4) is 5.75 Å². The molecular weight excluding hydrogens is 388 g/mol. The first kappa shape index (κ1) is 19.1. The highest BCUT2D eigenvalue weighted by molar-refractivity contribution is 7.99.